The molecule has 2 aromatic rings. The fourth-order valence-electron chi connectivity index (χ4n) is 1.59. The van der Waals surface area contributed by atoms with Gasteiger partial charge < -0.3 is 10.5 Å². The maximum Gasteiger partial charge on any atom is 0.142 e. The van der Waals surface area contributed by atoms with Crippen LogP contribution in [0, 0.1) is 12.7 Å². The van der Waals surface area contributed by atoms with Gasteiger partial charge in [0.05, 0.1) is 5.69 Å². The lowest BCUT2D eigenvalue weighted by Gasteiger charge is -2.10. The van der Waals surface area contributed by atoms with E-state index in [0.29, 0.717) is 18.0 Å². The van der Waals surface area contributed by atoms with Gasteiger partial charge in [-0.2, -0.15) is 0 Å². The molecule has 2 aromatic carbocycles. The maximum atomic E-state index is 12.9. The van der Waals surface area contributed by atoms with Gasteiger partial charge in [-0.3, -0.25) is 0 Å². The largest absolute Gasteiger partial charge is 0.487 e. The van der Waals surface area contributed by atoms with Crippen LogP contribution in [0.4, 0.5) is 10.1 Å². The Hall–Kier alpha value is -2.03. The molecular weight excluding hydrogens is 217 g/mol. The highest BCUT2D eigenvalue weighted by atomic mass is 19.1. The Morgan fingerprint density at radius 3 is 2.65 bits per heavy atom. The molecule has 0 heterocycles. The topological polar surface area (TPSA) is 35.2 Å². The molecule has 0 radical (unpaired) electrons. The molecule has 0 bridgehead atoms. The standard InChI is InChI=1S/C14H14FNO/c1-10-8-12(15)7-6-11(10)9-17-14-5-3-2-4-13(14)16/h2-8H,9,16H2,1H3. The van der Waals surface area contributed by atoms with Crippen molar-refractivity contribution < 1.29 is 9.13 Å². The highest BCUT2D eigenvalue weighted by molar-refractivity contribution is 5.51. The van der Waals surface area contributed by atoms with Crippen LogP contribution in [-0.4, -0.2) is 0 Å². The molecule has 0 saturated carbocycles. The summed E-state index contributed by atoms with van der Waals surface area (Å²) in [6, 6.07) is 12.0. The molecule has 0 aliphatic carbocycles. The van der Waals surface area contributed by atoms with Crippen LogP contribution in [0.15, 0.2) is 42.5 Å². The number of nitrogens with two attached hydrogens (primary N) is 1. The molecule has 0 unspecified atom stereocenters. The first-order valence-corrected chi connectivity index (χ1v) is 5.39. The third-order valence-corrected chi connectivity index (χ3v) is 2.61. The molecule has 2 nitrogen and oxygen atoms in total. The third kappa shape index (κ3) is 2.75. The Bertz CT molecular complexity index is 525. The van der Waals surface area contributed by atoms with E-state index in [1.807, 2.05) is 25.1 Å². The van der Waals surface area contributed by atoms with Crippen LogP contribution in [0.1, 0.15) is 11.1 Å². The number of benzene rings is 2. The minimum atomic E-state index is -0.231. The smallest absolute Gasteiger partial charge is 0.142 e. The molecule has 3 heteroatoms. The summed E-state index contributed by atoms with van der Waals surface area (Å²) < 4.78 is 18.5. The van der Waals surface area contributed by atoms with Crippen molar-refractivity contribution >= 4 is 5.69 Å². The van der Waals surface area contributed by atoms with Crippen molar-refractivity contribution in [2.24, 2.45) is 0 Å². The van der Waals surface area contributed by atoms with E-state index in [2.05, 4.69) is 0 Å². The first-order chi connectivity index (χ1) is 8.16. The molecule has 0 amide bonds. The fraction of sp³-hybridized carbons (Fsp3) is 0.143. The van der Waals surface area contributed by atoms with Crippen LogP contribution >= 0.6 is 0 Å². The number of anilines is 1. The Morgan fingerprint density at radius 2 is 1.94 bits per heavy atom. The lowest BCUT2D eigenvalue weighted by molar-refractivity contribution is 0.307. The predicted octanol–water partition coefficient (Wildman–Crippen LogP) is 3.30. The van der Waals surface area contributed by atoms with Crippen LogP contribution in [0.25, 0.3) is 0 Å². The average molecular weight is 231 g/mol. The van der Waals surface area contributed by atoms with E-state index in [4.69, 9.17) is 10.5 Å². The van der Waals surface area contributed by atoms with Gasteiger partial charge in [-0.25, -0.2) is 4.39 Å². The van der Waals surface area contributed by atoms with E-state index in [-0.39, 0.29) is 5.82 Å². The third-order valence-electron chi connectivity index (χ3n) is 2.61. The van der Waals surface area contributed by atoms with Crippen molar-refractivity contribution in [3.05, 3.63) is 59.4 Å². The Balaban J connectivity index is 2.10. The van der Waals surface area contributed by atoms with Crippen molar-refractivity contribution in [2.75, 3.05) is 5.73 Å². The number of hydrogen-bond donors (Lipinski definition) is 1. The van der Waals surface area contributed by atoms with Gasteiger partial charge in [0.2, 0.25) is 0 Å². The molecule has 88 valence electrons. The van der Waals surface area contributed by atoms with Gasteiger partial charge in [-0.05, 0) is 42.3 Å². The fourth-order valence-corrected chi connectivity index (χ4v) is 1.59. The monoisotopic (exact) mass is 231 g/mol. The van der Waals surface area contributed by atoms with E-state index in [1.54, 1.807) is 12.1 Å². The predicted molar refractivity (Wildman–Crippen MR) is 66.3 cm³/mol. The zero-order valence-electron chi connectivity index (χ0n) is 9.61. The van der Waals surface area contributed by atoms with Crippen molar-refractivity contribution in [1.82, 2.24) is 0 Å². The van der Waals surface area contributed by atoms with E-state index in [0.717, 1.165) is 11.1 Å². The minimum Gasteiger partial charge on any atom is -0.487 e. The van der Waals surface area contributed by atoms with E-state index in [9.17, 15) is 4.39 Å². The summed E-state index contributed by atoms with van der Waals surface area (Å²) in [6.45, 7) is 2.25. The quantitative estimate of drug-likeness (QED) is 0.822. The highest BCUT2D eigenvalue weighted by Gasteiger charge is 2.03. The van der Waals surface area contributed by atoms with Crippen LogP contribution in [0.2, 0.25) is 0 Å². The van der Waals surface area contributed by atoms with Gasteiger partial charge in [0.25, 0.3) is 0 Å². The van der Waals surface area contributed by atoms with Crippen LogP contribution < -0.4 is 10.5 Å². The Labute approximate surface area is 99.8 Å². The molecule has 0 aliphatic heterocycles. The van der Waals surface area contributed by atoms with Crippen molar-refractivity contribution in [3.8, 4) is 5.75 Å². The van der Waals surface area contributed by atoms with Crippen molar-refractivity contribution in [2.45, 2.75) is 13.5 Å². The number of ether oxygens (including phenoxy) is 1. The van der Waals surface area contributed by atoms with Gasteiger partial charge >= 0.3 is 0 Å². The van der Waals surface area contributed by atoms with Gasteiger partial charge in [-0.15, -0.1) is 0 Å². The van der Waals surface area contributed by atoms with Gasteiger partial charge in [0.15, 0.2) is 0 Å². The molecule has 0 spiro atoms. The second kappa shape index (κ2) is 4.87. The normalized spacial score (nSPS) is 10.2. The van der Waals surface area contributed by atoms with E-state index < -0.39 is 0 Å². The second-order valence-electron chi connectivity index (χ2n) is 3.90. The SMILES string of the molecule is Cc1cc(F)ccc1COc1ccccc1N. The summed E-state index contributed by atoms with van der Waals surface area (Å²) in [5, 5.41) is 0. The molecule has 0 atom stereocenters. The summed E-state index contributed by atoms with van der Waals surface area (Å²) in [7, 11) is 0. The summed E-state index contributed by atoms with van der Waals surface area (Å²) in [6.07, 6.45) is 0. The molecule has 0 aromatic heterocycles. The maximum absolute atomic E-state index is 12.9. The average Bonchev–Trinajstić information content (AvgIpc) is 2.30. The molecule has 0 aliphatic rings. The number of aryl methyl sites for hydroxylation is 1. The number of para-hydroxylation sites is 2. The zero-order valence-corrected chi connectivity index (χ0v) is 9.61. The number of hydrogen-bond acceptors (Lipinski definition) is 2. The van der Waals surface area contributed by atoms with Gasteiger partial charge in [0, 0.05) is 0 Å². The number of nitrogen functional groups attached to an aromatic ring is 1. The first kappa shape index (κ1) is 11.5. The number of halogens is 1. The van der Waals surface area contributed by atoms with Gasteiger partial charge in [-0.1, -0.05) is 18.2 Å². The molecule has 0 fully saturated rings. The van der Waals surface area contributed by atoms with Crippen molar-refractivity contribution in [1.29, 1.82) is 0 Å². The number of rotatable bonds is 3. The van der Waals surface area contributed by atoms with Crippen LogP contribution in [0.5, 0.6) is 5.75 Å². The van der Waals surface area contributed by atoms with Crippen LogP contribution in [-0.2, 0) is 6.61 Å². The minimum absolute atomic E-state index is 0.231. The summed E-state index contributed by atoms with van der Waals surface area (Å²) in [5.74, 6) is 0.418. The Morgan fingerprint density at radius 1 is 1.18 bits per heavy atom. The van der Waals surface area contributed by atoms with Gasteiger partial charge in [0.1, 0.15) is 18.2 Å². The van der Waals surface area contributed by atoms with Crippen LogP contribution in [0.3, 0.4) is 0 Å². The highest BCUT2D eigenvalue weighted by Crippen LogP contribution is 2.21. The summed E-state index contributed by atoms with van der Waals surface area (Å²) in [4.78, 5) is 0. The lowest BCUT2D eigenvalue weighted by Crippen LogP contribution is -2.00. The summed E-state index contributed by atoms with van der Waals surface area (Å²) >= 11 is 0. The molecule has 2 rings (SSSR count). The zero-order chi connectivity index (χ0) is 12.3. The second-order valence-corrected chi connectivity index (χ2v) is 3.90. The first-order valence-electron chi connectivity index (χ1n) is 5.39. The molecule has 0 saturated heterocycles. The van der Waals surface area contributed by atoms with E-state index >= 15 is 0 Å². The van der Waals surface area contributed by atoms with Crippen molar-refractivity contribution in [3.63, 3.8) is 0 Å². The molecular formula is C14H14FNO. The lowest BCUT2D eigenvalue weighted by atomic mass is 10.1. The van der Waals surface area contributed by atoms with E-state index in [1.165, 1.54) is 12.1 Å². The summed E-state index contributed by atoms with van der Waals surface area (Å²) in [5.41, 5.74) is 8.19. The molecule has 17 heavy (non-hydrogen) atoms. The molecule has 2 N–H and O–H groups in total. The Kier molecular flexibility index (Phi) is 3.28.